The summed E-state index contributed by atoms with van der Waals surface area (Å²) in [6.07, 6.45) is 10.2. The van der Waals surface area contributed by atoms with E-state index in [0.717, 1.165) is 5.57 Å². The van der Waals surface area contributed by atoms with Gasteiger partial charge in [-0.2, -0.15) is 0 Å². The summed E-state index contributed by atoms with van der Waals surface area (Å²) in [6.45, 7) is 15.1. The first-order valence-electron chi connectivity index (χ1n) is 13.3. The van der Waals surface area contributed by atoms with Gasteiger partial charge < -0.3 is 20.7 Å². The van der Waals surface area contributed by atoms with E-state index in [0.29, 0.717) is 12.1 Å². The van der Waals surface area contributed by atoms with Crippen LogP contribution in [0.5, 0.6) is 0 Å². The number of aliphatic hydroxyl groups is 2. The molecule has 0 saturated heterocycles. The number of pyridine rings is 1. The molecular weight excluding hydrogens is 480 g/mol. The molecule has 1 aromatic rings. The summed E-state index contributed by atoms with van der Waals surface area (Å²) in [7, 11) is 0. The average molecular weight is 527 g/mol. The number of rotatable bonds is 16. The Labute approximate surface area is 228 Å². The van der Waals surface area contributed by atoms with Gasteiger partial charge in [0.15, 0.2) is 5.78 Å². The maximum Gasteiger partial charge on any atom is 0.404 e. The Kier molecular flexibility index (Phi) is 14.5. The standard InChI is InChI=1S/C31H46N2O5/c1-8-9-12-22(4)30(38-31(32)37)25(7)29(36)24(6)18-20(2)17-23(5)28(35)21(3)14-15-27(34)19-26-13-10-11-16-33-26/h8-17,21-25,28-30,35-36H,1,18-19H2,2-7H3,(H2,32,37)/b12-9-,15-14-,20-17-/t21-,22?,23-,24?,25-,28-,29+,30?/m0/s1. The maximum absolute atomic E-state index is 12.2. The van der Waals surface area contributed by atoms with E-state index in [1.807, 2.05) is 65.8 Å². The molecule has 0 bridgehead atoms. The van der Waals surface area contributed by atoms with Crippen molar-refractivity contribution in [1.82, 2.24) is 4.98 Å². The second kappa shape index (κ2) is 16.7. The zero-order valence-electron chi connectivity index (χ0n) is 23.7. The van der Waals surface area contributed by atoms with Gasteiger partial charge in [-0.1, -0.05) is 83.2 Å². The van der Waals surface area contributed by atoms with Gasteiger partial charge in [0, 0.05) is 35.6 Å². The summed E-state index contributed by atoms with van der Waals surface area (Å²) in [5, 5.41) is 21.9. The van der Waals surface area contributed by atoms with Crippen molar-refractivity contribution in [3.05, 3.63) is 78.7 Å². The molecule has 7 nitrogen and oxygen atoms in total. The number of allylic oxidation sites excluding steroid dienone is 4. The summed E-state index contributed by atoms with van der Waals surface area (Å²) in [4.78, 5) is 27.9. The molecule has 7 heteroatoms. The molecule has 0 aliphatic heterocycles. The van der Waals surface area contributed by atoms with Gasteiger partial charge in [0.2, 0.25) is 0 Å². The van der Waals surface area contributed by atoms with E-state index in [-0.39, 0.29) is 41.8 Å². The molecule has 38 heavy (non-hydrogen) atoms. The summed E-state index contributed by atoms with van der Waals surface area (Å²) in [5.74, 6) is -1.08. The summed E-state index contributed by atoms with van der Waals surface area (Å²) < 4.78 is 5.35. The molecule has 1 amide bonds. The summed E-state index contributed by atoms with van der Waals surface area (Å²) in [5.41, 5.74) is 7.03. The van der Waals surface area contributed by atoms with Crippen molar-refractivity contribution in [2.75, 3.05) is 0 Å². The quantitative estimate of drug-likeness (QED) is 0.155. The predicted molar refractivity (Wildman–Crippen MR) is 152 cm³/mol. The number of carbonyl (C=O) groups is 2. The van der Waals surface area contributed by atoms with Gasteiger partial charge >= 0.3 is 6.09 Å². The van der Waals surface area contributed by atoms with Crippen molar-refractivity contribution in [2.45, 2.75) is 72.7 Å². The first-order valence-corrected chi connectivity index (χ1v) is 13.3. The number of nitrogens with zero attached hydrogens (tertiary/aromatic N) is 1. The number of amides is 1. The monoisotopic (exact) mass is 526 g/mol. The smallest absolute Gasteiger partial charge is 0.404 e. The van der Waals surface area contributed by atoms with Crippen molar-refractivity contribution in [3.63, 3.8) is 0 Å². The number of ether oxygens (including phenoxy) is 1. The summed E-state index contributed by atoms with van der Waals surface area (Å²) in [6, 6.07) is 5.46. The molecule has 0 aliphatic rings. The van der Waals surface area contributed by atoms with E-state index in [9.17, 15) is 19.8 Å². The third-order valence-corrected chi connectivity index (χ3v) is 6.90. The van der Waals surface area contributed by atoms with Crippen molar-refractivity contribution in [1.29, 1.82) is 0 Å². The lowest BCUT2D eigenvalue weighted by Crippen LogP contribution is -2.41. The van der Waals surface area contributed by atoms with E-state index in [1.165, 1.54) is 6.08 Å². The van der Waals surface area contributed by atoms with Crippen LogP contribution < -0.4 is 5.73 Å². The zero-order chi connectivity index (χ0) is 28.8. The lowest BCUT2D eigenvalue weighted by molar-refractivity contribution is -0.114. The molecule has 0 radical (unpaired) electrons. The Balaban J connectivity index is 2.75. The minimum atomic E-state index is -0.874. The largest absolute Gasteiger partial charge is 0.445 e. The summed E-state index contributed by atoms with van der Waals surface area (Å²) >= 11 is 0. The highest BCUT2D eigenvalue weighted by atomic mass is 16.6. The molecule has 1 rings (SSSR count). The topological polar surface area (TPSA) is 123 Å². The number of primary amides is 1. The molecule has 0 aliphatic carbocycles. The maximum atomic E-state index is 12.2. The molecule has 3 unspecified atom stereocenters. The third-order valence-electron chi connectivity index (χ3n) is 6.90. The van der Waals surface area contributed by atoms with Crippen molar-refractivity contribution < 1.29 is 24.5 Å². The number of aromatic nitrogens is 1. The molecule has 0 aromatic carbocycles. The lowest BCUT2D eigenvalue weighted by atomic mass is 9.81. The fourth-order valence-electron chi connectivity index (χ4n) is 4.74. The van der Waals surface area contributed by atoms with Crippen molar-refractivity contribution >= 4 is 11.9 Å². The molecule has 0 spiro atoms. The minimum absolute atomic E-state index is 0.0630. The first-order chi connectivity index (χ1) is 17.9. The van der Waals surface area contributed by atoms with E-state index < -0.39 is 24.4 Å². The van der Waals surface area contributed by atoms with E-state index in [2.05, 4.69) is 11.6 Å². The molecule has 210 valence electrons. The van der Waals surface area contributed by atoms with E-state index >= 15 is 0 Å². The second-order valence-electron chi connectivity index (χ2n) is 10.5. The molecular formula is C31H46N2O5. The van der Waals surface area contributed by atoms with Crippen LogP contribution in [0, 0.1) is 29.6 Å². The Bertz CT molecular complexity index is 972. The van der Waals surface area contributed by atoms with Crippen LogP contribution in [0.15, 0.2) is 73.0 Å². The Morgan fingerprint density at radius 1 is 1.05 bits per heavy atom. The molecule has 0 fully saturated rings. The fraction of sp³-hybridized carbons (Fsp3) is 0.516. The number of hydrogen-bond acceptors (Lipinski definition) is 6. The third kappa shape index (κ3) is 11.6. The van der Waals surface area contributed by atoms with Crippen LogP contribution in [0.25, 0.3) is 0 Å². The van der Waals surface area contributed by atoms with Crippen LogP contribution in [-0.4, -0.2) is 45.4 Å². The van der Waals surface area contributed by atoms with Gasteiger partial charge in [-0.25, -0.2) is 4.79 Å². The van der Waals surface area contributed by atoms with Crippen molar-refractivity contribution in [3.8, 4) is 0 Å². The van der Waals surface area contributed by atoms with Gasteiger partial charge in [0.25, 0.3) is 0 Å². The number of nitrogens with two attached hydrogens (primary N) is 1. The predicted octanol–water partition coefficient (Wildman–Crippen LogP) is 5.19. The lowest BCUT2D eigenvalue weighted by Gasteiger charge is -2.33. The van der Waals surface area contributed by atoms with E-state index in [1.54, 1.807) is 30.5 Å². The van der Waals surface area contributed by atoms with Crippen LogP contribution >= 0.6 is 0 Å². The molecule has 4 N–H and O–H groups in total. The van der Waals surface area contributed by atoms with Crippen LogP contribution in [0.2, 0.25) is 0 Å². The van der Waals surface area contributed by atoms with Gasteiger partial charge in [0.05, 0.1) is 18.6 Å². The Morgan fingerprint density at radius 3 is 2.32 bits per heavy atom. The van der Waals surface area contributed by atoms with Gasteiger partial charge in [-0.05, 0) is 37.5 Å². The minimum Gasteiger partial charge on any atom is -0.445 e. The Morgan fingerprint density at radius 2 is 1.74 bits per heavy atom. The normalized spacial score (nSPS) is 18.8. The van der Waals surface area contributed by atoms with Gasteiger partial charge in [0.1, 0.15) is 6.10 Å². The molecule has 0 saturated carbocycles. The second-order valence-corrected chi connectivity index (χ2v) is 10.5. The van der Waals surface area contributed by atoms with Crippen LogP contribution in [0.3, 0.4) is 0 Å². The highest BCUT2D eigenvalue weighted by Gasteiger charge is 2.33. The van der Waals surface area contributed by atoms with E-state index in [4.69, 9.17) is 10.5 Å². The van der Waals surface area contributed by atoms with Crippen LogP contribution in [-0.2, 0) is 16.0 Å². The highest BCUT2D eigenvalue weighted by molar-refractivity contribution is 5.91. The zero-order valence-corrected chi connectivity index (χ0v) is 23.7. The average Bonchev–Trinajstić information content (AvgIpc) is 2.87. The molecule has 1 heterocycles. The fourth-order valence-corrected chi connectivity index (χ4v) is 4.74. The molecule has 1 aromatic heterocycles. The number of aliphatic hydroxyl groups excluding tert-OH is 2. The van der Waals surface area contributed by atoms with Crippen molar-refractivity contribution in [2.24, 2.45) is 35.3 Å². The highest BCUT2D eigenvalue weighted by Crippen LogP contribution is 2.29. The SMILES string of the molecule is C=C/C=C\C(C)C(OC(N)=O)[C@@H](C)[C@H](O)C(C)C/C(C)=C\[C@H](C)[C@@H](O)[C@@H](C)/C=C\C(=O)Cc1ccccn1. The van der Waals surface area contributed by atoms with Crippen LogP contribution in [0.1, 0.15) is 53.7 Å². The van der Waals surface area contributed by atoms with Gasteiger partial charge in [-0.3, -0.25) is 9.78 Å². The molecule has 8 atom stereocenters. The van der Waals surface area contributed by atoms with Crippen LogP contribution in [0.4, 0.5) is 4.79 Å². The number of hydrogen-bond donors (Lipinski definition) is 3. The first kappa shape index (κ1) is 33.0. The number of carbonyl (C=O) groups excluding carboxylic acids is 2. The van der Waals surface area contributed by atoms with Gasteiger partial charge in [-0.15, -0.1) is 0 Å². The Hall–Kier alpha value is -3.03. The number of ketones is 1.